The van der Waals surface area contributed by atoms with Crippen LogP contribution in [0.25, 0.3) is 0 Å². The molecule has 5 heteroatoms. The van der Waals surface area contributed by atoms with Crippen LogP contribution in [0, 0.1) is 0 Å². The molecule has 0 spiro atoms. The summed E-state index contributed by atoms with van der Waals surface area (Å²) >= 11 is 12.3. The van der Waals surface area contributed by atoms with Gasteiger partial charge in [0.05, 0.1) is 15.6 Å². The molecule has 1 unspecified atom stereocenters. The summed E-state index contributed by atoms with van der Waals surface area (Å²) < 4.78 is 0. The van der Waals surface area contributed by atoms with Gasteiger partial charge in [-0.2, -0.15) is 0 Å². The lowest BCUT2D eigenvalue weighted by atomic mass is 9.84. The van der Waals surface area contributed by atoms with Crippen LogP contribution in [0.15, 0.2) is 48.5 Å². The Balaban J connectivity index is 1.57. The highest BCUT2D eigenvalue weighted by Crippen LogP contribution is 2.33. The number of benzene rings is 2. The van der Waals surface area contributed by atoms with Crippen molar-refractivity contribution in [1.82, 2.24) is 10.2 Å². The first-order valence-electron chi connectivity index (χ1n) is 10.2. The lowest BCUT2D eigenvalue weighted by molar-refractivity contribution is -0.0263. The van der Waals surface area contributed by atoms with Gasteiger partial charge in [0.25, 0.3) is 0 Å². The Bertz CT molecular complexity index is 746. The molecule has 3 nitrogen and oxygen atoms in total. The minimum Gasteiger partial charge on any atom is -0.385 e. The summed E-state index contributed by atoms with van der Waals surface area (Å²) in [7, 11) is 0. The highest BCUT2D eigenvalue weighted by atomic mass is 35.5. The molecule has 28 heavy (non-hydrogen) atoms. The molecule has 0 amide bonds. The van der Waals surface area contributed by atoms with E-state index in [-0.39, 0.29) is 0 Å². The molecule has 1 heterocycles. The highest BCUT2D eigenvalue weighted by molar-refractivity contribution is 6.42. The first kappa shape index (κ1) is 21.6. The summed E-state index contributed by atoms with van der Waals surface area (Å²) in [5.41, 5.74) is 1.58. The Morgan fingerprint density at radius 2 is 1.79 bits per heavy atom. The minimum absolute atomic E-state index is 0.393. The zero-order valence-corrected chi connectivity index (χ0v) is 18.0. The maximum Gasteiger partial charge on any atom is 0.0920 e. The molecule has 1 aliphatic heterocycles. The van der Waals surface area contributed by atoms with Gasteiger partial charge < -0.3 is 15.3 Å². The Kier molecular flexibility index (Phi) is 7.78. The van der Waals surface area contributed by atoms with Crippen LogP contribution >= 0.6 is 23.2 Å². The van der Waals surface area contributed by atoms with Crippen molar-refractivity contribution in [2.75, 3.05) is 32.7 Å². The smallest absolute Gasteiger partial charge is 0.0920 e. The summed E-state index contributed by atoms with van der Waals surface area (Å²) in [6.07, 6.45) is 2.61. The van der Waals surface area contributed by atoms with Gasteiger partial charge in [-0.3, -0.25) is 0 Å². The molecule has 0 radical (unpaired) electrons. The summed E-state index contributed by atoms with van der Waals surface area (Å²) in [5, 5.41) is 15.7. The number of aliphatic hydroxyl groups is 1. The molecule has 152 valence electrons. The van der Waals surface area contributed by atoms with Gasteiger partial charge in [0.2, 0.25) is 0 Å². The second-order valence-electron chi connectivity index (χ2n) is 7.71. The maximum absolute atomic E-state index is 11.0. The van der Waals surface area contributed by atoms with E-state index < -0.39 is 5.60 Å². The Labute approximate surface area is 178 Å². The lowest BCUT2D eigenvalue weighted by Crippen LogP contribution is -2.43. The zero-order valence-electron chi connectivity index (χ0n) is 16.5. The van der Waals surface area contributed by atoms with E-state index >= 15 is 0 Å². The molecule has 0 saturated carbocycles. The van der Waals surface area contributed by atoms with E-state index in [2.05, 4.69) is 23.2 Å². The summed E-state index contributed by atoms with van der Waals surface area (Å²) in [6, 6.07) is 16.0. The van der Waals surface area contributed by atoms with Crippen molar-refractivity contribution in [1.29, 1.82) is 0 Å². The number of nitrogens with one attached hydrogen (secondary N) is 1. The van der Waals surface area contributed by atoms with Crippen molar-refractivity contribution in [2.24, 2.45) is 0 Å². The normalized spacial score (nSPS) is 18.1. The zero-order chi connectivity index (χ0) is 20.0. The number of likely N-dealkylation sites (N-methyl/N-ethyl adjacent to an activating group) is 1. The number of nitrogens with zero attached hydrogens (tertiary/aromatic N) is 1. The largest absolute Gasteiger partial charge is 0.385 e. The average molecular weight is 421 g/mol. The number of rotatable bonds is 8. The van der Waals surface area contributed by atoms with Crippen LogP contribution in [0.4, 0.5) is 0 Å². The van der Waals surface area contributed by atoms with E-state index in [9.17, 15) is 5.11 Å². The number of halogens is 2. The van der Waals surface area contributed by atoms with Gasteiger partial charge in [-0.1, -0.05) is 66.5 Å². The second kappa shape index (κ2) is 10.1. The van der Waals surface area contributed by atoms with Gasteiger partial charge in [-0.15, -0.1) is 0 Å². The van der Waals surface area contributed by atoms with Crippen LogP contribution in [0.5, 0.6) is 0 Å². The molecular formula is C23H30Cl2N2O. The predicted molar refractivity (Wildman–Crippen MR) is 118 cm³/mol. The number of piperidine rings is 1. The molecular weight excluding hydrogens is 391 g/mol. The van der Waals surface area contributed by atoms with Gasteiger partial charge in [-0.25, -0.2) is 0 Å². The quantitative estimate of drug-likeness (QED) is 0.626. The summed E-state index contributed by atoms with van der Waals surface area (Å²) in [4.78, 5) is 2.47. The van der Waals surface area contributed by atoms with E-state index in [0.29, 0.717) is 16.0 Å². The average Bonchev–Trinajstić information content (AvgIpc) is 2.72. The van der Waals surface area contributed by atoms with Crippen LogP contribution < -0.4 is 5.32 Å². The molecule has 0 aromatic heterocycles. The van der Waals surface area contributed by atoms with Gasteiger partial charge in [-0.05, 0) is 61.5 Å². The highest BCUT2D eigenvalue weighted by Gasteiger charge is 2.33. The maximum atomic E-state index is 11.0. The van der Waals surface area contributed by atoms with Gasteiger partial charge in [0.15, 0.2) is 0 Å². The van der Waals surface area contributed by atoms with E-state index in [1.807, 2.05) is 42.5 Å². The molecule has 0 bridgehead atoms. The lowest BCUT2D eigenvalue weighted by Gasteiger charge is -2.39. The third-order valence-corrected chi connectivity index (χ3v) is 6.58. The minimum atomic E-state index is -0.690. The fraction of sp³-hybridized carbons (Fsp3) is 0.478. The van der Waals surface area contributed by atoms with Crippen LogP contribution in [0.3, 0.4) is 0 Å². The molecule has 2 aromatic carbocycles. The number of hydrogen-bond donors (Lipinski definition) is 2. The topological polar surface area (TPSA) is 35.5 Å². The fourth-order valence-electron chi connectivity index (χ4n) is 3.99. The van der Waals surface area contributed by atoms with E-state index in [1.54, 1.807) is 0 Å². The SMILES string of the molecule is CCNCC(CCN1CCC(O)(c2ccccc2)CC1)c1ccc(Cl)c(Cl)c1. The van der Waals surface area contributed by atoms with Crippen molar-refractivity contribution in [3.8, 4) is 0 Å². The summed E-state index contributed by atoms with van der Waals surface area (Å²) in [5.74, 6) is 0.393. The molecule has 1 saturated heterocycles. The van der Waals surface area contributed by atoms with Crippen molar-refractivity contribution in [3.63, 3.8) is 0 Å². The molecule has 2 N–H and O–H groups in total. The first-order valence-corrected chi connectivity index (χ1v) is 10.9. The number of likely N-dealkylation sites (tertiary alicyclic amines) is 1. The Morgan fingerprint density at radius 3 is 2.43 bits per heavy atom. The predicted octanol–water partition coefficient (Wildman–Crippen LogP) is 5.06. The van der Waals surface area contributed by atoms with Crippen molar-refractivity contribution >= 4 is 23.2 Å². The Hall–Kier alpha value is -1.10. The standard InChI is InChI=1S/C23H30Cl2N2O/c1-2-26-17-19(18-8-9-21(24)22(25)16-18)10-13-27-14-11-23(28,12-15-27)20-6-4-3-5-7-20/h3-9,16,19,26,28H,2,10-15,17H2,1H3. The van der Waals surface area contributed by atoms with Crippen LogP contribution in [0.2, 0.25) is 10.0 Å². The second-order valence-corrected chi connectivity index (χ2v) is 8.52. The van der Waals surface area contributed by atoms with E-state index in [4.69, 9.17) is 23.2 Å². The third kappa shape index (κ3) is 5.49. The third-order valence-electron chi connectivity index (χ3n) is 5.84. The molecule has 2 aromatic rings. The van der Waals surface area contributed by atoms with E-state index in [1.165, 1.54) is 5.56 Å². The molecule has 0 aliphatic carbocycles. The number of hydrogen-bond acceptors (Lipinski definition) is 3. The molecule has 1 fully saturated rings. The van der Waals surface area contributed by atoms with Crippen molar-refractivity contribution < 1.29 is 5.11 Å². The van der Waals surface area contributed by atoms with Gasteiger partial charge in [0, 0.05) is 19.6 Å². The van der Waals surface area contributed by atoms with Crippen LogP contribution in [0.1, 0.15) is 43.2 Å². The summed E-state index contributed by atoms with van der Waals surface area (Å²) in [6.45, 7) is 6.85. The Morgan fingerprint density at radius 1 is 1.07 bits per heavy atom. The first-order chi connectivity index (χ1) is 13.5. The molecule has 3 rings (SSSR count). The fourth-order valence-corrected chi connectivity index (χ4v) is 4.30. The van der Waals surface area contributed by atoms with E-state index in [0.717, 1.165) is 57.5 Å². The van der Waals surface area contributed by atoms with Gasteiger partial charge >= 0.3 is 0 Å². The van der Waals surface area contributed by atoms with Crippen molar-refractivity contribution in [2.45, 2.75) is 37.7 Å². The van der Waals surface area contributed by atoms with Crippen LogP contribution in [-0.2, 0) is 5.60 Å². The molecule has 1 aliphatic rings. The monoisotopic (exact) mass is 420 g/mol. The molecule has 1 atom stereocenters. The van der Waals surface area contributed by atoms with Gasteiger partial charge in [0.1, 0.15) is 0 Å². The van der Waals surface area contributed by atoms with Crippen LogP contribution in [-0.4, -0.2) is 42.7 Å². The van der Waals surface area contributed by atoms with Crippen molar-refractivity contribution in [3.05, 3.63) is 69.7 Å².